The van der Waals surface area contributed by atoms with Crippen LogP contribution in [0.2, 0.25) is 0 Å². The minimum Gasteiger partial charge on any atom is -0.396 e. The van der Waals surface area contributed by atoms with Gasteiger partial charge in [0.1, 0.15) is 0 Å². The van der Waals surface area contributed by atoms with Crippen LogP contribution in [0.25, 0.3) is 0 Å². The van der Waals surface area contributed by atoms with Crippen molar-refractivity contribution in [1.29, 1.82) is 0 Å². The Morgan fingerprint density at radius 3 is 2.00 bits per heavy atom. The second kappa shape index (κ2) is 5.52. The molecule has 0 saturated carbocycles. The van der Waals surface area contributed by atoms with E-state index in [0.717, 1.165) is 6.42 Å². The molecular formula is C8H18O3. The fourth-order valence-electron chi connectivity index (χ4n) is 0.786. The quantitative estimate of drug-likeness (QED) is 0.594. The average Bonchev–Trinajstić information content (AvgIpc) is 2.08. The summed E-state index contributed by atoms with van der Waals surface area (Å²) in [6.45, 7) is 4.87. The molecule has 0 spiro atoms. The van der Waals surface area contributed by atoms with E-state index in [9.17, 15) is 0 Å². The van der Waals surface area contributed by atoms with Gasteiger partial charge in [0.15, 0.2) is 0 Å². The van der Waals surface area contributed by atoms with Gasteiger partial charge in [-0.2, -0.15) is 0 Å². The first-order valence-electron chi connectivity index (χ1n) is 4.04. The van der Waals surface area contributed by atoms with Crippen LogP contribution < -0.4 is 0 Å². The van der Waals surface area contributed by atoms with Gasteiger partial charge in [-0.15, -0.1) is 0 Å². The molecule has 0 aromatic carbocycles. The van der Waals surface area contributed by atoms with Crippen molar-refractivity contribution < 1.29 is 14.9 Å². The van der Waals surface area contributed by atoms with Gasteiger partial charge in [-0.3, -0.25) is 0 Å². The lowest BCUT2D eigenvalue weighted by molar-refractivity contribution is -0.0265. The average molecular weight is 162 g/mol. The zero-order chi connectivity index (χ0) is 8.74. The summed E-state index contributed by atoms with van der Waals surface area (Å²) in [5.74, 6) is 0. The molecule has 0 unspecified atom stereocenters. The molecule has 0 fully saturated rings. The number of hydrogen-bond acceptors (Lipinski definition) is 3. The van der Waals surface area contributed by atoms with E-state index in [4.69, 9.17) is 14.9 Å². The SMILES string of the molecule is CCOCC(CC)(CO)CO. The monoisotopic (exact) mass is 162 g/mol. The van der Waals surface area contributed by atoms with E-state index in [0.29, 0.717) is 13.2 Å². The van der Waals surface area contributed by atoms with E-state index in [1.807, 2.05) is 13.8 Å². The van der Waals surface area contributed by atoms with Gasteiger partial charge in [0.2, 0.25) is 0 Å². The van der Waals surface area contributed by atoms with Gasteiger partial charge in [-0.05, 0) is 13.3 Å². The molecular weight excluding hydrogens is 144 g/mol. The first-order chi connectivity index (χ1) is 5.24. The van der Waals surface area contributed by atoms with Gasteiger partial charge in [0, 0.05) is 12.0 Å². The van der Waals surface area contributed by atoms with E-state index >= 15 is 0 Å². The summed E-state index contributed by atoms with van der Waals surface area (Å²) in [4.78, 5) is 0. The van der Waals surface area contributed by atoms with Crippen LogP contribution in [0.3, 0.4) is 0 Å². The molecule has 0 saturated heterocycles. The Balaban J connectivity index is 3.84. The third-order valence-corrected chi connectivity index (χ3v) is 2.03. The van der Waals surface area contributed by atoms with Crippen molar-refractivity contribution in [3.05, 3.63) is 0 Å². The first-order valence-corrected chi connectivity index (χ1v) is 4.04. The lowest BCUT2D eigenvalue weighted by Crippen LogP contribution is -2.34. The van der Waals surface area contributed by atoms with Gasteiger partial charge >= 0.3 is 0 Å². The Morgan fingerprint density at radius 2 is 1.73 bits per heavy atom. The Kier molecular flexibility index (Phi) is 5.46. The van der Waals surface area contributed by atoms with Crippen molar-refractivity contribution in [2.45, 2.75) is 20.3 Å². The molecule has 0 aliphatic rings. The number of hydrogen-bond donors (Lipinski definition) is 2. The molecule has 2 N–H and O–H groups in total. The van der Waals surface area contributed by atoms with Gasteiger partial charge in [0.25, 0.3) is 0 Å². The summed E-state index contributed by atoms with van der Waals surface area (Å²) in [7, 11) is 0. The molecule has 0 amide bonds. The van der Waals surface area contributed by atoms with E-state index in [1.165, 1.54) is 0 Å². The molecule has 0 aromatic rings. The summed E-state index contributed by atoms with van der Waals surface area (Å²) in [5, 5.41) is 17.9. The summed E-state index contributed by atoms with van der Waals surface area (Å²) in [6, 6.07) is 0. The highest BCUT2D eigenvalue weighted by Crippen LogP contribution is 2.20. The maximum atomic E-state index is 8.96. The highest BCUT2D eigenvalue weighted by Gasteiger charge is 2.26. The van der Waals surface area contributed by atoms with Crippen molar-refractivity contribution in [3.63, 3.8) is 0 Å². The normalized spacial score (nSPS) is 12.0. The number of rotatable bonds is 6. The second-order valence-electron chi connectivity index (χ2n) is 2.81. The molecule has 0 aliphatic heterocycles. The van der Waals surface area contributed by atoms with Gasteiger partial charge in [0.05, 0.1) is 19.8 Å². The van der Waals surface area contributed by atoms with Gasteiger partial charge in [-0.25, -0.2) is 0 Å². The van der Waals surface area contributed by atoms with Crippen molar-refractivity contribution in [1.82, 2.24) is 0 Å². The van der Waals surface area contributed by atoms with Crippen molar-refractivity contribution >= 4 is 0 Å². The predicted molar refractivity (Wildman–Crippen MR) is 43.4 cm³/mol. The van der Waals surface area contributed by atoms with Crippen LogP contribution in [-0.2, 0) is 4.74 Å². The van der Waals surface area contributed by atoms with Crippen LogP contribution in [0.4, 0.5) is 0 Å². The molecule has 0 rings (SSSR count). The van der Waals surface area contributed by atoms with Crippen molar-refractivity contribution in [2.24, 2.45) is 5.41 Å². The molecule has 0 atom stereocenters. The van der Waals surface area contributed by atoms with Crippen LogP contribution in [-0.4, -0.2) is 36.6 Å². The smallest absolute Gasteiger partial charge is 0.0566 e. The number of aliphatic hydroxyl groups is 2. The zero-order valence-electron chi connectivity index (χ0n) is 7.34. The van der Waals surface area contributed by atoms with E-state index in [-0.39, 0.29) is 13.2 Å². The first kappa shape index (κ1) is 10.9. The van der Waals surface area contributed by atoms with Crippen LogP contribution >= 0.6 is 0 Å². The minimum absolute atomic E-state index is 0.0139. The van der Waals surface area contributed by atoms with Crippen molar-refractivity contribution in [2.75, 3.05) is 26.4 Å². The van der Waals surface area contributed by atoms with Crippen LogP contribution in [0.1, 0.15) is 20.3 Å². The summed E-state index contributed by atoms with van der Waals surface area (Å²) >= 11 is 0. The van der Waals surface area contributed by atoms with Gasteiger partial charge in [-0.1, -0.05) is 6.92 Å². The third kappa shape index (κ3) is 3.18. The molecule has 0 aromatic heterocycles. The second-order valence-corrected chi connectivity index (χ2v) is 2.81. The number of ether oxygens (including phenoxy) is 1. The number of aliphatic hydroxyl groups excluding tert-OH is 2. The van der Waals surface area contributed by atoms with Crippen LogP contribution in [0.15, 0.2) is 0 Å². The Labute approximate surface area is 68.0 Å². The predicted octanol–water partition coefficient (Wildman–Crippen LogP) is 0.404. The highest BCUT2D eigenvalue weighted by molar-refractivity contribution is 4.75. The van der Waals surface area contributed by atoms with E-state index in [2.05, 4.69) is 0 Å². The lowest BCUT2D eigenvalue weighted by atomic mass is 9.88. The zero-order valence-corrected chi connectivity index (χ0v) is 7.34. The minimum atomic E-state index is -0.435. The highest BCUT2D eigenvalue weighted by atomic mass is 16.5. The fraction of sp³-hybridized carbons (Fsp3) is 1.00. The molecule has 68 valence electrons. The molecule has 0 bridgehead atoms. The Bertz CT molecular complexity index is 81.1. The molecule has 11 heavy (non-hydrogen) atoms. The fourth-order valence-corrected chi connectivity index (χ4v) is 0.786. The van der Waals surface area contributed by atoms with E-state index < -0.39 is 5.41 Å². The van der Waals surface area contributed by atoms with Gasteiger partial charge < -0.3 is 14.9 Å². The van der Waals surface area contributed by atoms with Crippen LogP contribution in [0, 0.1) is 5.41 Å². The molecule has 3 heteroatoms. The maximum Gasteiger partial charge on any atom is 0.0566 e. The van der Waals surface area contributed by atoms with Crippen LogP contribution in [0.5, 0.6) is 0 Å². The van der Waals surface area contributed by atoms with Crippen molar-refractivity contribution in [3.8, 4) is 0 Å². The lowest BCUT2D eigenvalue weighted by Gasteiger charge is -2.27. The maximum absolute atomic E-state index is 8.96. The van der Waals surface area contributed by atoms with E-state index in [1.54, 1.807) is 0 Å². The summed E-state index contributed by atoms with van der Waals surface area (Å²) in [5.41, 5.74) is -0.435. The standard InChI is InChI=1S/C8H18O3/c1-3-8(5-9,6-10)7-11-4-2/h9-10H,3-7H2,1-2H3. The molecule has 0 aliphatic carbocycles. The Morgan fingerprint density at radius 1 is 1.18 bits per heavy atom. The third-order valence-electron chi connectivity index (χ3n) is 2.03. The molecule has 3 nitrogen and oxygen atoms in total. The topological polar surface area (TPSA) is 49.7 Å². The molecule has 0 radical (unpaired) electrons. The summed E-state index contributed by atoms with van der Waals surface area (Å²) < 4.78 is 5.15. The largest absolute Gasteiger partial charge is 0.396 e. The summed E-state index contributed by atoms with van der Waals surface area (Å²) in [6.07, 6.45) is 0.736. The molecule has 0 heterocycles. The Hall–Kier alpha value is -0.120.